The number of carbonyl (C=O) groups excluding carboxylic acids is 2. The Morgan fingerprint density at radius 3 is 2.54 bits per heavy atom. The minimum absolute atomic E-state index is 0.0756. The molecule has 2 aromatic carbocycles. The molecule has 1 saturated heterocycles. The van der Waals surface area contributed by atoms with Crippen molar-refractivity contribution in [1.82, 2.24) is 9.47 Å². The standard InChI is InChI=1S/C30H32F3N3O5/c1-35-15-23(22-4-2-3-5-27(22)35)29(38)34-26-13-24(32)18(10-25(26)33)11-28(37)36-14-19(31)12-20(36)16-41-21-8-6-17(7-9-21)30(39)40/h2-5,10,13,15,17,19-21H,6-9,11-12,14,16H2,1H3,(H,34,38)(H,39,40)/t17-,19-,20-,21-/m0/s1. The normalized spacial score (nSPS) is 22.7. The predicted octanol–water partition coefficient (Wildman–Crippen LogP) is 4.85. The van der Waals surface area contributed by atoms with Gasteiger partial charge in [0.15, 0.2) is 0 Å². The highest BCUT2D eigenvalue weighted by Crippen LogP contribution is 2.29. The highest BCUT2D eigenvalue weighted by atomic mass is 19.1. The molecule has 1 aromatic heterocycles. The van der Waals surface area contributed by atoms with E-state index in [-0.39, 0.29) is 42.8 Å². The fourth-order valence-corrected chi connectivity index (χ4v) is 5.84. The summed E-state index contributed by atoms with van der Waals surface area (Å²) < 4.78 is 51.9. The number of alkyl halides is 1. The van der Waals surface area contributed by atoms with Gasteiger partial charge in [-0.2, -0.15) is 0 Å². The number of ether oxygens (including phenoxy) is 1. The summed E-state index contributed by atoms with van der Waals surface area (Å²) in [7, 11) is 1.78. The molecule has 2 amide bonds. The fourth-order valence-electron chi connectivity index (χ4n) is 5.84. The molecular formula is C30H32F3N3O5. The minimum Gasteiger partial charge on any atom is -0.481 e. The van der Waals surface area contributed by atoms with Crippen LogP contribution < -0.4 is 5.32 Å². The van der Waals surface area contributed by atoms with Crippen LogP contribution in [0.5, 0.6) is 0 Å². The first kappa shape index (κ1) is 28.7. The first-order valence-corrected chi connectivity index (χ1v) is 13.7. The van der Waals surface area contributed by atoms with E-state index in [0.29, 0.717) is 36.6 Å². The van der Waals surface area contributed by atoms with Gasteiger partial charge < -0.3 is 24.6 Å². The number of para-hydroxylation sites is 1. The second-order valence-electron chi connectivity index (χ2n) is 10.9. The smallest absolute Gasteiger partial charge is 0.306 e. The van der Waals surface area contributed by atoms with Gasteiger partial charge in [0.05, 0.1) is 48.9 Å². The van der Waals surface area contributed by atoms with Gasteiger partial charge in [0.1, 0.15) is 17.8 Å². The highest BCUT2D eigenvalue weighted by molar-refractivity contribution is 6.13. The van der Waals surface area contributed by atoms with Crippen molar-refractivity contribution in [2.75, 3.05) is 18.5 Å². The van der Waals surface area contributed by atoms with Crippen molar-refractivity contribution < 1.29 is 37.4 Å². The maximum absolute atomic E-state index is 15.0. The maximum atomic E-state index is 15.0. The van der Waals surface area contributed by atoms with Gasteiger partial charge in [0, 0.05) is 42.2 Å². The van der Waals surface area contributed by atoms with Gasteiger partial charge in [-0.05, 0) is 37.8 Å². The number of carbonyl (C=O) groups is 3. The van der Waals surface area contributed by atoms with Gasteiger partial charge in [-0.1, -0.05) is 18.2 Å². The SMILES string of the molecule is Cn1cc(C(=O)Nc2cc(F)c(CC(=O)N3C[C@@H](F)C[C@H]3CO[C@H]3CC[C@H](C(=O)O)CC3)cc2F)c2ccccc21. The lowest BCUT2D eigenvalue weighted by Gasteiger charge is -2.29. The zero-order chi connectivity index (χ0) is 29.3. The summed E-state index contributed by atoms with van der Waals surface area (Å²) in [6.45, 7) is -0.0769. The summed E-state index contributed by atoms with van der Waals surface area (Å²) in [4.78, 5) is 38.4. The van der Waals surface area contributed by atoms with Crippen molar-refractivity contribution >= 4 is 34.4 Å². The van der Waals surface area contributed by atoms with Crippen LogP contribution in [0.3, 0.4) is 0 Å². The van der Waals surface area contributed by atoms with Crippen LogP contribution in [-0.2, 0) is 27.8 Å². The van der Waals surface area contributed by atoms with E-state index < -0.39 is 48.1 Å². The first-order chi connectivity index (χ1) is 19.6. The molecular weight excluding hydrogens is 539 g/mol. The molecule has 8 nitrogen and oxygen atoms in total. The largest absolute Gasteiger partial charge is 0.481 e. The monoisotopic (exact) mass is 571 g/mol. The molecule has 0 spiro atoms. The number of carboxylic acids is 1. The number of hydrogen-bond donors (Lipinski definition) is 2. The molecule has 2 heterocycles. The Labute approximate surface area is 235 Å². The molecule has 5 rings (SSSR count). The average Bonchev–Trinajstić information content (AvgIpc) is 3.50. The van der Waals surface area contributed by atoms with E-state index in [2.05, 4.69) is 5.32 Å². The second kappa shape index (κ2) is 11.9. The maximum Gasteiger partial charge on any atom is 0.306 e. The molecule has 2 aliphatic rings. The molecule has 11 heteroatoms. The third-order valence-electron chi connectivity index (χ3n) is 8.10. The van der Waals surface area contributed by atoms with Crippen molar-refractivity contribution in [2.24, 2.45) is 13.0 Å². The molecule has 2 N–H and O–H groups in total. The van der Waals surface area contributed by atoms with Crippen LogP contribution in [-0.4, -0.2) is 63.8 Å². The van der Waals surface area contributed by atoms with Crippen LogP contribution in [0, 0.1) is 17.6 Å². The third kappa shape index (κ3) is 6.24. The number of carboxylic acid groups (broad SMARTS) is 1. The van der Waals surface area contributed by atoms with E-state index in [1.54, 1.807) is 29.9 Å². The van der Waals surface area contributed by atoms with E-state index in [0.717, 1.165) is 17.6 Å². The summed E-state index contributed by atoms with van der Waals surface area (Å²) >= 11 is 0. The van der Waals surface area contributed by atoms with Gasteiger partial charge in [-0.3, -0.25) is 14.4 Å². The Balaban J connectivity index is 1.21. The number of aliphatic carboxylic acids is 1. The van der Waals surface area contributed by atoms with Crippen LogP contribution in [0.15, 0.2) is 42.6 Å². The number of rotatable bonds is 8. The molecule has 0 radical (unpaired) electrons. The summed E-state index contributed by atoms with van der Waals surface area (Å²) in [5.74, 6) is -4.13. The van der Waals surface area contributed by atoms with E-state index in [4.69, 9.17) is 9.84 Å². The zero-order valence-electron chi connectivity index (χ0n) is 22.6. The van der Waals surface area contributed by atoms with Gasteiger partial charge in [-0.25, -0.2) is 13.2 Å². The highest BCUT2D eigenvalue weighted by Gasteiger charge is 2.37. The van der Waals surface area contributed by atoms with E-state index in [9.17, 15) is 23.2 Å². The van der Waals surface area contributed by atoms with Gasteiger partial charge in [0.25, 0.3) is 5.91 Å². The van der Waals surface area contributed by atoms with Crippen molar-refractivity contribution in [1.29, 1.82) is 0 Å². The number of anilines is 1. The zero-order valence-corrected chi connectivity index (χ0v) is 22.6. The van der Waals surface area contributed by atoms with Crippen LogP contribution >= 0.6 is 0 Å². The van der Waals surface area contributed by atoms with E-state index >= 15 is 4.39 Å². The summed E-state index contributed by atoms with van der Waals surface area (Å²) in [6, 6.07) is 8.38. The molecule has 2 fully saturated rings. The number of nitrogens with zero attached hydrogens (tertiary/aromatic N) is 2. The molecule has 0 bridgehead atoms. The molecule has 1 aliphatic carbocycles. The predicted molar refractivity (Wildman–Crippen MR) is 145 cm³/mol. The number of aryl methyl sites for hydroxylation is 1. The second-order valence-corrected chi connectivity index (χ2v) is 10.9. The molecule has 3 aromatic rings. The average molecular weight is 572 g/mol. The number of nitrogens with one attached hydrogen (secondary N) is 1. The molecule has 1 aliphatic heterocycles. The number of amides is 2. The number of halogens is 3. The lowest BCUT2D eigenvalue weighted by atomic mass is 9.87. The van der Waals surface area contributed by atoms with E-state index in [1.165, 1.54) is 4.90 Å². The van der Waals surface area contributed by atoms with E-state index in [1.807, 2.05) is 12.1 Å². The number of fused-ring (bicyclic) bond motifs is 1. The molecule has 41 heavy (non-hydrogen) atoms. The molecule has 218 valence electrons. The van der Waals surface area contributed by atoms with Crippen LogP contribution in [0.1, 0.15) is 48.0 Å². The summed E-state index contributed by atoms with van der Waals surface area (Å²) in [6.07, 6.45) is 1.93. The number of benzene rings is 2. The Kier molecular flexibility index (Phi) is 8.35. The van der Waals surface area contributed by atoms with Crippen molar-refractivity contribution in [2.45, 2.75) is 56.8 Å². The summed E-state index contributed by atoms with van der Waals surface area (Å²) in [5.41, 5.74) is 0.556. The number of likely N-dealkylation sites (tertiary alicyclic amines) is 1. The lowest BCUT2D eigenvalue weighted by Crippen LogP contribution is -2.40. The van der Waals surface area contributed by atoms with Crippen molar-refractivity contribution in [3.05, 3.63) is 65.4 Å². The topological polar surface area (TPSA) is 101 Å². The molecule has 2 atom stereocenters. The number of hydrogen-bond acceptors (Lipinski definition) is 4. The Morgan fingerprint density at radius 1 is 1.07 bits per heavy atom. The molecule has 0 unspecified atom stereocenters. The van der Waals surface area contributed by atoms with Gasteiger partial charge in [-0.15, -0.1) is 0 Å². The van der Waals surface area contributed by atoms with Crippen LogP contribution in [0.4, 0.5) is 18.9 Å². The van der Waals surface area contributed by atoms with Crippen molar-refractivity contribution in [3.63, 3.8) is 0 Å². The first-order valence-electron chi connectivity index (χ1n) is 13.7. The Bertz CT molecular complexity index is 1470. The minimum atomic E-state index is -1.26. The van der Waals surface area contributed by atoms with Gasteiger partial charge in [0.2, 0.25) is 5.91 Å². The number of aromatic nitrogens is 1. The lowest BCUT2D eigenvalue weighted by molar-refractivity contribution is -0.144. The van der Waals surface area contributed by atoms with Gasteiger partial charge >= 0.3 is 5.97 Å². The quantitative estimate of drug-likeness (QED) is 0.403. The van der Waals surface area contributed by atoms with Crippen LogP contribution in [0.2, 0.25) is 0 Å². The van der Waals surface area contributed by atoms with Crippen molar-refractivity contribution in [3.8, 4) is 0 Å². The Morgan fingerprint density at radius 2 is 1.80 bits per heavy atom. The molecule has 1 saturated carbocycles. The Hall–Kier alpha value is -3.86. The van der Waals surface area contributed by atoms with Crippen LogP contribution in [0.25, 0.3) is 10.9 Å². The third-order valence-corrected chi connectivity index (χ3v) is 8.10. The summed E-state index contributed by atoms with van der Waals surface area (Å²) in [5, 5.41) is 12.2. The fraction of sp³-hybridized carbons (Fsp3) is 0.433.